The second-order valence-electron chi connectivity index (χ2n) is 3.29. The van der Waals surface area contributed by atoms with E-state index in [-0.39, 0.29) is 5.89 Å². The molecule has 3 rings (SSSR count). The van der Waals surface area contributed by atoms with Crippen molar-refractivity contribution in [2.75, 3.05) is 0 Å². The van der Waals surface area contributed by atoms with Crippen molar-refractivity contribution in [2.45, 2.75) is 0 Å². The first-order valence-electron chi connectivity index (χ1n) is 4.74. The monoisotopic (exact) mass is 213 g/mol. The maximum Gasteiger partial charge on any atom is 0.434 e. The number of fused-ring (bicyclic) bond motifs is 1. The first-order valence-corrected chi connectivity index (χ1v) is 4.74. The lowest BCUT2D eigenvalue weighted by Crippen LogP contribution is -1.93. The van der Waals surface area contributed by atoms with E-state index in [9.17, 15) is 4.79 Å². The number of hydrogen-bond donors (Lipinski definition) is 1. The summed E-state index contributed by atoms with van der Waals surface area (Å²) in [5.41, 5.74) is 1.59. The molecule has 1 aromatic carbocycles. The maximum atomic E-state index is 10.9. The van der Waals surface area contributed by atoms with E-state index in [0.29, 0.717) is 0 Å². The predicted octanol–water partition coefficient (Wildman–Crippen LogP) is 1.58. The van der Waals surface area contributed by atoms with Crippen LogP contribution in [-0.4, -0.2) is 15.2 Å². The van der Waals surface area contributed by atoms with Crippen LogP contribution in [0, 0.1) is 0 Å². The molecule has 5 heteroatoms. The molecule has 5 nitrogen and oxygen atoms in total. The van der Waals surface area contributed by atoms with Crippen LogP contribution in [0.5, 0.6) is 0 Å². The molecule has 0 radical (unpaired) electrons. The lowest BCUT2D eigenvalue weighted by atomic mass is 10.1. The summed E-state index contributed by atoms with van der Waals surface area (Å²) in [5, 5.41) is 6.95. The number of pyridine rings is 1. The molecule has 2 aromatic heterocycles. The molecule has 0 aliphatic carbocycles. The van der Waals surface area contributed by atoms with Crippen LogP contribution in [0.2, 0.25) is 0 Å². The summed E-state index contributed by atoms with van der Waals surface area (Å²) in [6, 6.07) is 9.37. The highest BCUT2D eigenvalue weighted by Crippen LogP contribution is 2.24. The van der Waals surface area contributed by atoms with Crippen molar-refractivity contribution in [3.63, 3.8) is 0 Å². The third-order valence-electron chi connectivity index (χ3n) is 2.32. The van der Waals surface area contributed by atoms with Gasteiger partial charge in [0.25, 0.3) is 0 Å². The van der Waals surface area contributed by atoms with Crippen LogP contribution >= 0.6 is 0 Å². The minimum atomic E-state index is -0.559. The topological polar surface area (TPSA) is 71.8 Å². The summed E-state index contributed by atoms with van der Waals surface area (Å²) < 4.78 is 4.93. The number of benzene rings is 1. The predicted molar refractivity (Wildman–Crippen MR) is 57.9 cm³/mol. The van der Waals surface area contributed by atoms with Crippen molar-refractivity contribution in [1.82, 2.24) is 15.2 Å². The Bertz CT molecular complexity index is 694. The molecule has 0 aliphatic rings. The van der Waals surface area contributed by atoms with Crippen LogP contribution in [0.1, 0.15) is 0 Å². The molecule has 0 saturated heterocycles. The molecule has 0 bridgehead atoms. The molecule has 1 N–H and O–H groups in total. The summed E-state index contributed by atoms with van der Waals surface area (Å²) in [6.07, 6.45) is 1.66. The molecular formula is C11H7N3O2. The van der Waals surface area contributed by atoms with Crippen LogP contribution < -0.4 is 5.76 Å². The van der Waals surface area contributed by atoms with E-state index in [0.717, 1.165) is 16.5 Å². The fourth-order valence-electron chi connectivity index (χ4n) is 1.63. The van der Waals surface area contributed by atoms with E-state index >= 15 is 0 Å². The Balaban J connectivity index is 2.35. The number of para-hydroxylation sites is 1. The summed E-state index contributed by atoms with van der Waals surface area (Å²) in [4.78, 5) is 15.1. The fraction of sp³-hybridized carbons (Fsp3) is 0. The zero-order valence-electron chi connectivity index (χ0n) is 8.18. The molecular weight excluding hydrogens is 206 g/mol. The van der Waals surface area contributed by atoms with Gasteiger partial charge in [0, 0.05) is 17.1 Å². The lowest BCUT2D eigenvalue weighted by molar-refractivity contribution is 0.527. The molecule has 0 unspecified atom stereocenters. The lowest BCUT2D eigenvalue weighted by Gasteiger charge is -2.00. The molecule has 0 aliphatic heterocycles. The average Bonchev–Trinajstić information content (AvgIpc) is 2.75. The summed E-state index contributed by atoms with van der Waals surface area (Å²) in [7, 11) is 0. The van der Waals surface area contributed by atoms with Crippen LogP contribution in [-0.2, 0) is 0 Å². The van der Waals surface area contributed by atoms with Gasteiger partial charge >= 0.3 is 5.76 Å². The number of nitrogens with one attached hydrogen (secondary N) is 1. The van der Waals surface area contributed by atoms with Crippen LogP contribution in [0.25, 0.3) is 22.4 Å². The van der Waals surface area contributed by atoms with Crippen molar-refractivity contribution >= 4 is 10.9 Å². The third-order valence-corrected chi connectivity index (χ3v) is 2.32. The van der Waals surface area contributed by atoms with Gasteiger partial charge in [-0.2, -0.15) is 0 Å². The summed E-state index contributed by atoms with van der Waals surface area (Å²) in [5.74, 6) is -0.278. The Morgan fingerprint density at radius 3 is 2.88 bits per heavy atom. The normalized spacial score (nSPS) is 10.8. The summed E-state index contributed by atoms with van der Waals surface area (Å²) in [6.45, 7) is 0. The molecule has 0 saturated carbocycles. The van der Waals surface area contributed by atoms with Crippen molar-refractivity contribution in [2.24, 2.45) is 0 Å². The van der Waals surface area contributed by atoms with E-state index in [1.807, 2.05) is 24.3 Å². The van der Waals surface area contributed by atoms with Crippen LogP contribution in [0.15, 0.2) is 45.7 Å². The minimum absolute atomic E-state index is 0.281. The number of H-pyrrole nitrogens is 1. The Morgan fingerprint density at radius 2 is 2.06 bits per heavy atom. The Labute approximate surface area is 89.8 Å². The molecule has 3 aromatic rings. The first kappa shape index (κ1) is 8.84. The summed E-state index contributed by atoms with van der Waals surface area (Å²) >= 11 is 0. The maximum absolute atomic E-state index is 10.9. The highest BCUT2D eigenvalue weighted by molar-refractivity contribution is 5.91. The van der Waals surface area contributed by atoms with Gasteiger partial charge in [-0.15, -0.1) is 5.10 Å². The Morgan fingerprint density at radius 1 is 1.19 bits per heavy atom. The molecule has 16 heavy (non-hydrogen) atoms. The van der Waals surface area contributed by atoms with E-state index in [4.69, 9.17) is 4.42 Å². The zero-order valence-corrected chi connectivity index (χ0v) is 8.18. The van der Waals surface area contributed by atoms with Gasteiger partial charge in [-0.1, -0.05) is 18.2 Å². The molecule has 0 atom stereocenters. The fourth-order valence-corrected chi connectivity index (χ4v) is 1.63. The number of nitrogens with zero attached hydrogens (tertiary/aromatic N) is 2. The SMILES string of the molecule is O=c1[nH]nc(-c2ccnc3ccccc23)o1. The standard InChI is InChI=1S/C11H7N3O2/c15-11-14-13-10(16-11)8-5-6-12-9-4-2-1-3-7(8)9/h1-6H,(H,14,15). The van der Waals surface area contributed by atoms with Crippen molar-refractivity contribution in [3.05, 3.63) is 47.1 Å². The van der Waals surface area contributed by atoms with E-state index < -0.39 is 5.76 Å². The Hall–Kier alpha value is -2.43. The number of rotatable bonds is 1. The van der Waals surface area contributed by atoms with Gasteiger partial charge in [-0.3, -0.25) is 4.98 Å². The smallest absolute Gasteiger partial charge is 0.388 e. The highest BCUT2D eigenvalue weighted by Gasteiger charge is 2.09. The second-order valence-corrected chi connectivity index (χ2v) is 3.29. The van der Waals surface area contributed by atoms with Gasteiger partial charge in [0.2, 0.25) is 5.89 Å². The van der Waals surface area contributed by atoms with Gasteiger partial charge in [-0.25, -0.2) is 9.89 Å². The number of aromatic nitrogens is 3. The van der Waals surface area contributed by atoms with E-state index in [1.165, 1.54) is 0 Å². The van der Waals surface area contributed by atoms with E-state index in [2.05, 4.69) is 15.2 Å². The molecule has 2 heterocycles. The number of hydrogen-bond acceptors (Lipinski definition) is 4. The van der Waals surface area contributed by atoms with Gasteiger partial charge in [0.1, 0.15) is 0 Å². The quantitative estimate of drug-likeness (QED) is 0.666. The molecule has 0 fully saturated rings. The highest BCUT2D eigenvalue weighted by atomic mass is 16.4. The van der Waals surface area contributed by atoms with Crippen molar-refractivity contribution in [1.29, 1.82) is 0 Å². The van der Waals surface area contributed by atoms with Gasteiger partial charge in [0.05, 0.1) is 5.52 Å². The second kappa shape index (κ2) is 3.30. The molecule has 0 amide bonds. The van der Waals surface area contributed by atoms with Crippen molar-refractivity contribution < 1.29 is 4.42 Å². The Kier molecular flexibility index (Phi) is 1.83. The van der Waals surface area contributed by atoms with Crippen molar-refractivity contribution in [3.8, 4) is 11.5 Å². The van der Waals surface area contributed by atoms with Gasteiger partial charge in [-0.05, 0) is 12.1 Å². The molecule has 78 valence electrons. The first-order chi connectivity index (χ1) is 7.84. The minimum Gasteiger partial charge on any atom is -0.388 e. The van der Waals surface area contributed by atoms with Gasteiger partial charge < -0.3 is 4.42 Å². The average molecular weight is 213 g/mol. The van der Waals surface area contributed by atoms with E-state index in [1.54, 1.807) is 12.3 Å². The largest absolute Gasteiger partial charge is 0.434 e. The van der Waals surface area contributed by atoms with Gasteiger partial charge in [0.15, 0.2) is 0 Å². The van der Waals surface area contributed by atoms with Crippen LogP contribution in [0.4, 0.5) is 0 Å². The third kappa shape index (κ3) is 1.30. The molecule has 0 spiro atoms. The van der Waals surface area contributed by atoms with Crippen LogP contribution in [0.3, 0.4) is 0 Å². The zero-order chi connectivity index (χ0) is 11.0. The number of aromatic amines is 1.